The van der Waals surface area contributed by atoms with Crippen LogP contribution in [0.3, 0.4) is 0 Å². The van der Waals surface area contributed by atoms with Crippen LogP contribution >= 0.6 is 0 Å². The van der Waals surface area contributed by atoms with Gasteiger partial charge in [-0.15, -0.1) is 0 Å². The lowest BCUT2D eigenvalue weighted by molar-refractivity contribution is 0.0614. The number of carbonyl (C=O) groups excluding carboxylic acids is 1. The van der Waals surface area contributed by atoms with Gasteiger partial charge in [-0.3, -0.25) is 9.58 Å². The molecule has 0 saturated heterocycles. The Bertz CT molecular complexity index is 1650. The second-order valence-electron chi connectivity index (χ2n) is 12.3. The third-order valence-corrected chi connectivity index (χ3v) is 8.96. The molecule has 0 unspecified atom stereocenters. The van der Waals surface area contributed by atoms with E-state index in [2.05, 4.69) is 37.1 Å². The largest absolute Gasteiger partial charge is 0.388 e. The lowest BCUT2D eigenvalue weighted by Crippen LogP contribution is -2.49. The van der Waals surface area contributed by atoms with Crippen LogP contribution < -0.4 is 20.9 Å². The van der Waals surface area contributed by atoms with Crippen molar-refractivity contribution in [3.63, 3.8) is 0 Å². The van der Waals surface area contributed by atoms with Crippen LogP contribution in [-0.2, 0) is 13.6 Å². The van der Waals surface area contributed by atoms with Crippen LogP contribution in [0.25, 0.3) is 11.1 Å². The van der Waals surface area contributed by atoms with Gasteiger partial charge in [0.25, 0.3) is 0 Å². The monoisotopic (exact) mass is 620 g/mol. The Morgan fingerprint density at radius 1 is 1.04 bits per heavy atom. The molecule has 2 amide bonds. The normalized spacial score (nSPS) is 18.8. The first-order valence-electron chi connectivity index (χ1n) is 16.0. The number of aromatic nitrogens is 5. The van der Waals surface area contributed by atoms with Gasteiger partial charge in [-0.2, -0.15) is 15.3 Å². The summed E-state index contributed by atoms with van der Waals surface area (Å²) < 4.78 is 1.75. The number of rotatable bonds is 10. The number of aryl methyl sites for hydroxylation is 1. The van der Waals surface area contributed by atoms with Crippen molar-refractivity contribution < 1.29 is 9.90 Å². The number of urea groups is 1. The van der Waals surface area contributed by atoms with E-state index in [1.54, 1.807) is 22.0 Å². The maximum absolute atomic E-state index is 13.7. The smallest absolute Gasteiger partial charge is 0.323 e. The Morgan fingerprint density at radius 2 is 1.83 bits per heavy atom. The fourth-order valence-corrected chi connectivity index (χ4v) is 6.37. The van der Waals surface area contributed by atoms with Gasteiger partial charge in [-0.05, 0) is 56.2 Å². The van der Waals surface area contributed by atoms with Crippen LogP contribution in [0.2, 0.25) is 0 Å². The number of nitrogens with zero attached hydrogens (tertiary/aromatic N) is 7. The molecule has 4 aromatic rings. The van der Waals surface area contributed by atoms with Gasteiger partial charge in [0.05, 0.1) is 18.0 Å². The number of amides is 2. The molecule has 0 bridgehead atoms. The average Bonchev–Trinajstić information content (AvgIpc) is 3.73. The highest BCUT2D eigenvalue weighted by atomic mass is 16.3. The van der Waals surface area contributed by atoms with E-state index in [0.29, 0.717) is 36.2 Å². The molecule has 3 aromatic heterocycles. The quantitative estimate of drug-likeness (QED) is 0.192. The van der Waals surface area contributed by atoms with E-state index in [9.17, 15) is 15.2 Å². The van der Waals surface area contributed by atoms with Gasteiger partial charge in [0, 0.05) is 55.7 Å². The van der Waals surface area contributed by atoms with Crippen molar-refractivity contribution in [1.82, 2.24) is 30.0 Å². The highest BCUT2D eigenvalue weighted by Crippen LogP contribution is 2.31. The molecule has 2 aliphatic rings. The molecule has 12 nitrogen and oxygen atoms in total. The van der Waals surface area contributed by atoms with E-state index in [1.165, 1.54) is 6.20 Å². The van der Waals surface area contributed by atoms with E-state index < -0.39 is 5.60 Å². The summed E-state index contributed by atoms with van der Waals surface area (Å²) in [4.78, 5) is 29.2. The number of anilines is 3. The Kier molecular flexibility index (Phi) is 9.40. The zero-order valence-electron chi connectivity index (χ0n) is 26.1. The molecular formula is C34H40N10O2. The van der Waals surface area contributed by atoms with Gasteiger partial charge < -0.3 is 21.1 Å². The number of pyridine rings is 1. The predicted molar refractivity (Wildman–Crippen MR) is 176 cm³/mol. The standard InChI is InChI=1S/C34H40N10O2/c1-43-22-27(21-40-43)25-9-14-30(36-19-25)44(33(45)38-18-24-7-3-2-4-8-24)29-12-10-28(11-13-29)41-32-37-20-26(17-35)31(42-32)39-23-34(46)15-5-6-16-34/h2-4,7-9,14,19-22,28-29,46H,5-6,10-13,15-16,18,23H2,1H3,(H,38,45)(H2,37,39,41,42)/t28-,29+. The third kappa shape index (κ3) is 7.43. The molecule has 238 valence electrons. The molecule has 1 aromatic carbocycles. The van der Waals surface area contributed by atoms with Crippen molar-refractivity contribution in [3.8, 4) is 17.2 Å². The van der Waals surface area contributed by atoms with Crippen LogP contribution in [0.15, 0.2) is 67.3 Å². The first-order valence-corrected chi connectivity index (χ1v) is 16.0. The number of carbonyl (C=O) groups is 1. The highest BCUT2D eigenvalue weighted by molar-refractivity contribution is 5.91. The van der Waals surface area contributed by atoms with Crippen LogP contribution in [0.1, 0.15) is 62.5 Å². The molecule has 4 N–H and O–H groups in total. The summed E-state index contributed by atoms with van der Waals surface area (Å²) in [6.45, 7) is 0.771. The summed E-state index contributed by atoms with van der Waals surface area (Å²) in [6.07, 6.45) is 13.6. The third-order valence-electron chi connectivity index (χ3n) is 8.96. The first kappa shape index (κ1) is 31.0. The maximum Gasteiger partial charge on any atom is 0.323 e. The molecular weight excluding hydrogens is 580 g/mol. The van der Waals surface area contributed by atoms with Crippen LogP contribution in [-0.4, -0.2) is 60.1 Å². The number of benzene rings is 1. The molecule has 0 radical (unpaired) electrons. The zero-order valence-corrected chi connectivity index (χ0v) is 26.1. The van der Waals surface area contributed by atoms with Crippen LogP contribution in [0.4, 0.5) is 22.4 Å². The number of hydrogen-bond acceptors (Lipinski definition) is 9. The predicted octanol–water partition coefficient (Wildman–Crippen LogP) is 5.00. The van der Waals surface area contributed by atoms with E-state index in [4.69, 9.17) is 4.98 Å². The fourth-order valence-electron chi connectivity index (χ4n) is 6.37. The lowest BCUT2D eigenvalue weighted by Gasteiger charge is -2.36. The topological polar surface area (TPSA) is 157 Å². The van der Waals surface area contributed by atoms with Crippen molar-refractivity contribution in [3.05, 3.63) is 78.4 Å². The Balaban J connectivity index is 1.12. The minimum absolute atomic E-state index is 0.0446. The van der Waals surface area contributed by atoms with Crippen molar-refractivity contribution in [1.29, 1.82) is 5.26 Å². The first-order chi connectivity index (χ1) is 22.4. The van der Waals surface area contributed by atoms with Gasteiger partial charge in [0.15, 0.2) is 0 Å². The highest BCUT2D eigenvalue weighted by Gasteiger charge is 2.32. The fraction of sp³-hybridized carbons (Fsp3) is 0.412. The summed E-state index contributed by atoms with van der Waals surface area (Å²) in [5, 5.41) is 34.3. The molecule has 2 saturated carbocycles. The van der Waals surface area contributed by atoms with Crippen molar-refractivity contribution in [2.24, 2.45) is 7.05 Å². The summed E-state index contributed by atoms with van der Waals surface area (Å²) in [5.74, 6) is 1.47. The van der Waals surface area contributed by atoms with Gasteiger partial charge in [0.1, 0.15) is 23.3 Å². The van der Waals surface area contributed by atoms with Gasteiger partial charge in [0.2, 0.25) is 5.95 Å². The van der Waals surface area contributed by atoms with E-state index in [1.807, 2.05) is 55.7 Å². The van der Waals surface area contributed by atoms with Gasteiger partial charge in [-0.1, -0.05) is 43.2 Å². The van der Waals surface area contributed by atoms with Gasteiger partial charge >= 0.3 is 6.03 Å². The Hall–Kier alpha value is -5.02. The number of nitriles is 1. The second kappa shape index (κ2) is 14.0. The minimum Gasteiger partial charge on any atom is -0.388 e. The average molecular weight is 621 g/mol. The minimum atomic E-state index is -0.767. The molecule has 0 atom stereocenters. The van der Waals surface area contributed by atoms with Crippen LogP contribution in [0.5, 0.6) is 0 Å². The summed E-state index contributed by atoms with van der Waals surface area (Å²) >= 11 is 0. The summed E-state index contributed by atoms with van der Waals surface area (Å²) in [7, 11) is 1.88. The lowest BCUT2D eigenvalue weighted by atomic mass is 9.90. The molecule has 2 fully saturated rings. The Morgan fingerprint density at radius 3 is 2.50 bits per heavy atom. The molecule has 12 heteroatoms. The molecule has 0 aliphatic heterocycles. The van der Waals surface area contributed by atoms with E-state index >= 15 is 0 Å². The SMILES string of the molecule is Cn1cc(-c2ccc(N(C(=O)NCc3ccccc3)[C@H]3CC[C@@H](Nc4ncc(C#N)c(NCC5(O)CCCC5)n4)CC3)nc2)cn1. The molecule has 3 heterocycles. The maximum atomic E-state index is 13.7. The Labute approximate surface area is 268 Å². The zero-order chi connectivity index (χ0) is 31.9. The van der Waals surface area contributed by atoms with Crippen molar-refractivity contribution in [2.75, 3.05) is 22.1 Å². The van der Waals surface area contributed by atoms with E-state index in [-0.39, 0.29) is 18.1 Å². The van der Waals surface area contributed by atoms with Gasteiger partial charge in [-0.25, -0.2) is 14.8 Å². The van der Waals surface area contributed by atoms with Crippen LogP contribution in [0, 0.1) is 11.3 Å². The van der Waals surface area contributed by atoms with E-state index in [0.717, 1.165) is 68.1 Å². The number of aliphatic hydroxyl groups is 1. The second-order valence-corrected chi connectivity index (χ2v) is 12.3. The molecule has 46 heavy (non-hydrogen) atoms. The number of hydrogen-bond donors (Lipinski definition) is 4. The summed E-state index contributed by atoms with van der Waals surface area (Å²) in [5.41, 5.74) is 2.50. The van der Waals surface area contributed by atoms with Crippen molar-refractivity contribution in [2.45, 2.75) is 75.6 Å². The number of nitrogens with one attached hydrogen (secondary N) is 3. The molecule has 2 aliphatic carbocycles. The van der Waals surface area contributed by atoms with Crippen molar-refractivity contribution >= 4 is 23.6 Å². The summed E-state index contributed by atoms with van der Waals surface area (Å²) in [6, 6.07) is 15.8. The molecule has 6 rings (SSSR count). The molecule has 0 spiro atoms.